The molecule has 2 aromatic heterocycles. The predicted molar refractivity (Wildman–Crippen MR) is 156 cm³/mol. The topological polar surface area (TPSA) is 80.3 Å². The molecule has 0 aliphatic carbocycles. The quantitative estimate of drug-likeness (QED) is 0.201. The Morgan fingerprint density at radius 2 is 1.63 bits per heavy atom. The number of aromatic nitrogens is 1. The average molecular weight is 585 g/mol. The summed E-state index contributed by atoms with van der Waals surface area (Å²) < 4.78 is 11.6. The zero-order valence-corrected chi connectivity index (χ0v) is 23.2. The molecule has 6 nitrogen and oxygen atoms in total. The van der Waals surface area contributed by atoms with Gasteiger partial charge in [0.25, 0.3) is 5.91 Å². The van der Waals surface area contributed by atoms with Gasteiger partial charge in [0.1, 0.15) is 11.3 Å². The molecule has 10 heteroatoms. The summed E-state index contributed by atoms with van der Waals surface area (Å²) in [5.41, 5.74) is 4.51. The maximum absolute atomic E-state index is 12.7. The SMILES string of the molecule is CC(C)c1ccc2oc(-c3ccc(Cl)c(NC(=S)NC(=O)c4ccc(-c5ccc(Cl)c(Cl)c5)o4)c3)nc2c1. The Labute approximate surface area is 238 Å². The number of carbonyl (C=O) groups excluding carboxylic acids is 1. The van der Waals surface area contributed by atoms with Crippen molar-refractivity contribution in [1.82, 2.24) is 10.3 Å². The van der Waals surface area contributed by atoms with Crippen molar-refractivity contribution in [2.75, 3.05) is 5.32 Å². The van der Waals surface area contributed by atoms with Crippen molar-refractivity contribution in [3.8, 4) is 22.8 Å². The maximum atomic E-state index is 12.7. The van der Waals surface area contributed by atoms with Crippen molar-refractivity contribution < 1.29 is 13.6 Å². The van der Waals surface area contributed by atoms with Gasteiger partial charge in [0.2, 0.25) is 5.89 Å². The maximum Gasteiger partial charge on any atom is 0.293 e. The van der Waals surface area contributed by atoms with Gasteiger partial charge in [0, 0.05) is 11.1 Å². The summed E-state index contributed by atoms with van der Waals surface area (Å²) in [7, 11) is 0. The number of furan rings is 1. The smallest absolute Gasteiger partial charge is 0.293 e. The van der Waals surface area contributed by atoms with Crippen LogP contribution in [0.5, 0.6) is 0 Å². The molecule has 0 saturated heterocycles. The lowest BCUT2D eigenvalue weighted by molar-refractivity contribution is 0.0951. The van der Waals surface area contributed by atoms with Crippen molar-refractivity contribution >= 4 is 74.8 Å². The fourth-order valence-electron chi connectivity index (χ4n) is 3.76. The Kier molecular flexibility index (Phi) is 7.45. The van der Waals surface area contributed by atoms with Crippen LogP contribution in [0.2, 0.25) is 15.1 Å². The first-order valence-corrected chi connectivity index (χ1v) is 13.1. The summed E-state index contributed by atoms with van der Waals surface area (Å²) in [6, 6.07) is 19.5. The standard InChI is InChI=1S/C28H20Cl3N3O3S/c1-14(2)15-5-8-24-22(12-15)32-27(37-24)17-4-7-19(30)21(13-17)33-28(38)34-26(35)25-10-9-23(36-25)16-3-6-18(29)20(31)11-16/h3-14H,1-2H3,(H2,33,34,35,38). The lowest BCUT2D eigenvalue weighted by Gasteiger charge is -2.11. The molecular formula is C28H20Cl3N3O3S. The van der Waals surface area contributed by atoms with Crippen LogP contribution < -0.4 is 10.6 Å². The zero-order valence-electron chi connectivity index (χ0n) is 20.1. The van der Waals surface area contributed by atoms with Gasteiger partial charge in [-0.05, 0) is 84.4 Å². The van der Waals surface area contributed by atoms with Crippen LogP contribution in [-0.2, 0) is 0 Å². The number of nitrogens with zero attached hydrogens (tertiary/aromatic N) is 1. The molecule has 0 radical (unpaired) electrons. The number of hydrogen-bond donors (Lipinski definition) is 2. The van der Waals surface area contributed by atoms with Crippen molar-refractivity contribution in [2.45, 2.75) is 19.8 Å². The first-order valence-electron chi connectivity index (χ1n) is 11.6. The largest absolute Gasteiger partial charge is 0.451 e. The number of nitrogens with one attached hydrogen (secondary N) is 2. The second-order valence-corrected chi connectivity index (χ2v) is 10.4. The fourth-order valence-corrected chi connectivity index (χ4v) is 4.43. The molecule has 2 N–H and O–H groups in total. The molecule has 0 unspecified atom stereocenters. The first-order chi connectivity index (χ1) is 18.2. The van der Waals surface area contributed by atoms with E-state index in [1.54, 1.807) is 48.5 Å². The Morgan fingerprint density at radius 3 is 2.39 bits per heavy atom. The third-order valence-electron chi connectivity index (χ3n) is 5.80. The minimum absolute atomic E-state index is 0.0423. The molecule has 1 amide bonds. The Bertz CT molecular complexity index is 1690. The van der Waals surface area contributed by atoms with Crippen LogP contribution in [0.4, 0.5) is 5.69 Å². The molecule has 0 spiro atoms. The lowest BCUT2D eigenvalue weighted by atomic mass is 10.0. The van der Waals surface area contributed by atoms with E-state index in [2.05, 4.69) is 29.5 Å². The molecule has 5 aromatic rings. The number of rotatable bonds is 5. The monoisotopic (exact) mass is 583 g/mol. The molecule has 0 aliphatic rings. The van der Waals surface area contributed by atoms with E-state index in [0.29, 0.717) is 55.0 Å². The number of hydrogen-bond acceptors (Lipinski definition) is 5. The molecular weight excluding hydrogens is 565 g/mol. The van der Waals surface area contributed by atoms with Gasteiger partial charge in [-0.1, -0.05) is 54.7 Å². The summed E-state index contributed by atoms with van der Waals surface area (Å²) in [5, 5.41) is 6.81. The van der Waals surface area contributed by atoms with Crippen molar-refractivity contribution in [1.29, 1.82) is 0 Å². The Hall–Kier alpha value is -3.36. The van der Waals surface area contributed by atoms with E-state index >= 15 is 0 Å². The van der Waals surface area contributed by atoms with Gasteiger partial charge in [-0.15, -0.1) is 0 Å². The second-order valence-electron chi connectivity index (χ2n) is 8.80. The summed E-state index contributed by atoms with van der Waals surface area (Å²) >= 11 is 23.8. The molecule has 0 saturated carbocycles. The first kappa shape index (κ1) is 26.3. The molecule has 0 bridgehead atoms. The van der Waals surface area contributed by atoms with E-state index in [9.17, 15) is 4.79 Å². The zero-order chi connectivity index (χ0) is 27.0. The van der Waals surface area contributed by atoms with E-state index in [1.807, 2.05) is 18.2 Å². The van der Waals surface area contributed by atoms with Crippen molar-refractivity contribution in [3.05, 3.63) is 93.1 Å². The highest BCUT2D eigenvalue weighted by molar-refractivity contribution is 7.80. The van der Waals surface area contributed by atoms with E-state index in [-0.39, 0.29) is 10.9 Å². The van der Waals surface area contributed by atoms with Crippen molar-refractivity contribution in [3.63, 3.8) is 0 Å². The number of oxazole rings is 1. The number of fused-ring (bicyclic) bond motifs is 1. The molecule has 0 aliphatic heterocycles. The summed E-state index contributed by atoms with van der Waals surface area (Å²) in [4.78, 5) is 17.4. The number of thiocarbonyl (C=S) groups is 1. The fraction of sp³-hybridized carbons (Fsp3) is 0.107. The van der Waals surface area contributed by atoms with Crippen LogP contribution in [0, 0.1) is 0 Å². The van der Waals surface area contributed by atoms with Gasteiger partial charge >= 0.3 is 0 Å². The van der Waals surface area contributed by atoms with E-state index in [1.165, 1.54) is 5.56 Å². The lowest BCUT2D eigenvalue weighted by Crippen LogP contribution is -2.34. The van der Waals surface area contributed by atoms with Crippen LogP contribution in [0.25, 0.3) is 33.9 Å². The van der Waals surface area contributed by atoms with Crippen molar-refractivity contribution in [2.24, 2.45) is 0 Å². The highest BCUT2D eigenvalue weighted by Crippen LogP contribution is 2.32. The predicted octanol–water partition coefficient (Wildman–Crippen LogP) is 8.97. The van der Waals surface area contributed by atoms with Gasteiger partial charge in [0.15, 0.2) is 16.5 Å². The number of anilines is 1. The van der Waals surface area contributed by atoms with Crippen LogP contribution in [0.3, 0.4) is 0 Å². The molecule has 2 heterocycles. The minimum Gasteiger partial charge on any atom is -0.451 e. The molecule has 3 aromatic carbocycles. The third kappa shape index (κ3) is 5.56. The molecule has 5 rings (SSSR count). The highest BCUT2D eigenvalue weighted by Gasteiger charge is 2.16. The Balaban J connectivity index is 1.30. The van der Waals surface area contributed by atoms with Gasteiger partial charge in [0.05, 0.1) is 20.8 Å². The van der Waals surface area contributed by atoms with Crippen LogP contribution in [0.15, 0.2) is 75.6 Å². The van der Waals surface area contributed by atoms with Crippen LogP contribution >= 0.6 is 47.0 Å². The molecule has 0 fully saturated rings. The minimum atomic E-state index is -0.527. The second kappa shape index (κ2) is 10.8. The number of carbonyl (C=O) groups is 1. The van der Waals surface area contributed by atoms with Gasteiger partial charge in [-0.2, -0.15) is 0 Å². The normalized spacial score (nSPS) is 11.2. The number of halogens is 3. The van der Waals surface area contributed by atoms with Crippen LogP contribution in [-0.4, -0.2) is 16.0 Å². The third-order valence-corrected chi connectivity index (χ3v) is 7.07. The average Bonchev–Trinajstić information content (AvgIpc) is 3.54. The molecule has 38 heavy (non-hydrogen) atoms. The van der Waals surface area contributed by atoms with E-state index in [0.717, 1.165) is 5.52 Å². The van der Waals surface area contributed by atoms with Gasteiger partial charge in [-0.25, -0.2) is 4.98 Å². The van der Waals surface area contributed by atoms with Crippen LogP contribution in [0.1, 0.15) is 35.9 Å². The Morgan fingerprint density at radius 1 is 0.868 bits per heavy atom. The molecule has 192 valence electrons. The summed E-state index contributed by atoms with van der Waals surface area (Å²) in [6.45, 7) is 4.25. The number of benzene rings is 3. The summed E-state index contributed by atoms with van der Waals surface area (Å²) in [6.07, 6.45) is 0. The summed E-state index contributed by atoms with van der Waals surface area (Å²) in [5.74, 6) is 0.831. The molecule has 0 atom stereocenters. The van der Waals surface area contributed by atoms with Gasteiger partial charge in [-0.3, -0.25) is 10.1 Å². The van der Waals surface area contributed by atoms with Gasteiger partial charge < -0.3 is 14.2 Å². The number of amides is 1. The van der Waals surface area contributed by atoms with E-state index in [4.69, 9.17) is 55.9 Å². The van der Waals surface area contributed by atoms with E-state index < -0.39 is 5.91 Å². The highest BCUT2D eigenvalue weighted by atomic mass is 35.5.